The smallest absolute Gasteiger partial charge is 0.331 e. The van der Waals surface area contributed by atoms with Crippen molar-refractivity contribution in [1.82, 2.24) is 20.4 Å². The first-order chi connectivity index (χ1) is 13.5. The third-order valence-corrected chi connectivity index (χ3v) is 3.65. The molecule has 0 aliphatic carbocycles. The summed E-state index contributed by atoms with van der Waals surface area (Å²) in [5.74, 6) is -0.150. The van der Waals surface area contributed by atoms with Gasteiger partial charge in [0.2, 0.25) is 17.6 Å². The van der Waals surface area contributed by atoms with Crippen molar-refractivity contribution >= 4 is 11.9 Å². The average Bonchev–Trinajstić information content (AvgIpc) is 3.16. The summed E-state index contributed by atoms with van der Waals surface area (Å²) in [5.41, 5.74) is 0.875. The number of aromatic nitrogens is 3. The summed E-state index contributed by atoms with van der Waals surface area (Å²) >= 11 is 0. The minimum atomic E-state index is -1.12. The van der Waals surface area contributed by atoms with Crippen LogP contribution in [0.3, 0.4) is 0 Å². The number of amides is 1. The zero-order chi connectivity index (χ0) is 20.1. The predicted molar refractivity (Wildman–Crippen MR) is 97.9 cm³/mol. The van der Waals surface area contributed by atoms with Crippen molar-refractivity contribution in [3.63, 3.8) is 0 Å². The van der Waals surface area contributed by atoms with E-state index in [0.29, 0.717) is 17.1 Å². The summed E-state index contributed by atoms with van der Waals surface area (Å²) in [4.78, 5) is 30.7. The molecule has 28 heavy (non-hydrogen) atoms. The molecule has 0 spiro atoms. The molecule has 2 heterocycles. The molecule has 0 atom stereocenters. The van der Waals surface area contributed by atoms with Crippen LogP contribution in [0.15, 0.2) is 59.1 Å². The molecule has 0 unspecified atom stereocenters. The predicted octanol–water partition coefficient (Wildman–Crippen LogP) is 2.47. The number of carbonyl (C=O) groups excluding carboxylic acids is 1. The Morgan fingerprint density at radius 3 is 2.61 bits per heavy atom. The van der Waals surface area contributed by atoms with E-state index in [-0.39, 0.29) is 35.4 Å². The first-order valence-corrected chi connectivity index (χ1v) is 8.17. The number of carboxylic acids is 1. The van der Waals surface area contributed by atoms with Crippen LogP contribution in [0, 0.1) is 0 Å². The molecule has 1 amide bonds. The molecule has 0 saturated carbocycles. The summed E-state index contributed by atoms with van der Waals surface area (Å²) in [7, 11) is 1.52. The third kappa shape index (κ3) is 4.39. The van der Waals surface area contributed by atoms with E-state index in [1.165, 1.54) is 7.05 Å². The fourth-order valence-electron chi connectivity index (χ4n) is 2.22. The van der Waals surface area contributed by atoms with Crippen LogP contribution in [-0.2, 0) is 11.2 Å². The van der Waals surface area contributed by atoms with Gasteiger partial charge in [0, 0.05) is 24.3 Å². The normalized spacial score (nSPS) is 10.3. The van der Waals surface area contributed by atoms with E-state index < -0.39 is 5.97 Å². The van der Waals surface area contributed by atoms with Crippen molar-refractivity contribution in [1.29, 1.82) is 0 Å². The Kier molecular flexibility index (Phi) is 5.45. The molecule has 142 valence electrons. The van der Waals surface area contributed by atoms with E-state index in [9.17, 15) is 9.59 Å². The second-order valence-electron chi connectivity index (χ2n) is 5.66. The number of nitrogens with zero attached hydrogens (tertiary/aromatic N) is 3. The minimum absolute atomic E-state index is 0.0309. The van der Waals surface area contributed by atoms with Gasteiger partial charge in [-0.1, -0.05) is 17.8 Å². The number of aliphatic carboxylic acids is 1. The molecule has 0 radical (unpaired) electrons. The zero-order valence-corrected chi connectivity index (χ0v) is 14.9. The Bertz CT molecular complexity index is 1030. The van der Waals surface area contributed by atoms with Crippen molar-refractivity contribution in [3.05, 3.63) is 66.2 Å². The lowest BCUT2D eigenvalue weighted by atomic mass is 10.2. The quantitative estimate of drug-likeness (QED) is 0.598. The van der Waals surface area contributed by atoms with E-state index in [1.807, 2.05) is 0 Å². The lowest BCUT2D eigenvalue weighted by Crippen LogP contribution is -2.19. The number of rotatable bonds is 7. The molecule has 9 heteroatoms. The number of ether oxygens (including phenoxy) is 1. The van der Waals surface area contributed by atoms with Crippen LogP contribution in [0.1, 0.15) is 16.4 Å². The Morgan fingerprint density at radius 1 is 1.18 bits per heavy atom. The number of pyridine rings is 1. The lowest BCUT2D eigenvalue weighted by Gasteiger charge is -2.06. The molecule has 0 bridgehead atoms. The van der Waals surface area contributed by atoms with Gasteiger partial charge in [-0.2, -0.15) is 4.98 Å². The highest BCUT2D eigenvalue weighted by atomic mass is 16.5. The van der Waals surface area contributed by atoms with Gasteiger partial charge in [0.25, 0.3) is 5.91 Å². The van der Waals surface area contributed by atoms with Gasteiger partial charge >= 0.3 is 5.97 Å². The monoisotopic (exact) mass is 380 g/mol. The molecule has 3 aromatic rings. The van der Waals surface area contributed by atoms with Gasteiger partial charge < -0.3 is 19.7 Å². The molecular formula is C19H16N4O5. The topological polar surface area (TPSA) is 127 Å². The number of hydrogen-bond donors (Lipinski definition) is 2. The van der Waals surface area contributed by atoms with Crippen molar-refractivity contribution in [3.8, 4) is 23.0 Å². The number of carboxylic acid groups (broad SMARTS) is 1. The maximum absolute atomic E-state index is 11.6. The number of hydrogen-bond acceptors (Lipinski definition) is 7. The van der Waals surface area contributed by atoms with Crippen molar-refractivity contribution in [2.75, 3.05) is 7.05 Å². The summed E-state index contributed by atoms with van der Waals surface area (Å²) < 4.78 is 10.7. The lowest BCUT2D eigenvalue weighted by molar-refractivity contribution is -0.132. The van der Waals surface area contributed by atoms with Gasteiger partial charge in [0.05, 0.1) is 6.42 Å². The first kappa shape index (κ1) is 18.8. The highest BCUT2D eigenvalue weighted by molar-refractivity contribution is 5.92. The summed E-state index contributed by atoms with van der Waals surface area (Å²) in [6, 6.07) is 11.7. The van der Waals surface area contributed by atoms with Crippen molar-refractivity contribution < 1.29 is 24.0 Å². The van der Waals surface area contributed by atoms with Crippen LogP contribution in [0.25, 0.3) is 11.4 Å². The highest BCUT2D eigenvalue weighted by Crippen LogP contribution is 2.24. The summed E-state index contributed by atoms with van der Waals surface area (Å²) in [6.45, 7) is 3.43. The Hall–Kier alpha value is -4.01. The number of benzene rings is 1. The summed E-state index contributed by atoms with van der Waals surface area (Å²) in [5, 5.41) is 15.2. The second-order valence-corrected chi connectivity index (χ2v) is 5.66. The average molecular weight is 380 g/mol. The van der Waals surface area contributed by atoms with E-state index in [4.69, 9.17) is 14.4 Å². The number of carbonyl (C=O) groups is 2. The fourth-order valence-corrected chi connectivity index (χ4v) is 2.22. The van der Waals surface area contributed by atoms with Gasteiger partial charge in [-0.25, -0.2) is 9.78 Å². The van der Waals surface area contributed by atoms with E-state index in [0.717, 1.165) is 0 Å². The molecule has 3 rings (SSSR count). The second kappa shape index (κ2) is 8.12. The SMILES string of the molecule is C=C(Cc1nc(-c2ccc(Oc3cccc(C(=O)NC)n3)cc2)no1)C(=O)O. The van der Waals surface area contributed by atoms with E-state index >= 15 is 0 Å². The summed E-state index contributed by atoms with van der Waals surface area (Å²) in [6.07, 6.45) is -0.0309. The molecular weight excluding hydrogens is 364 g/mol. The Labute approximate surface area is 159 Å². The molecule has 0 fully saturated rings. The van der Waals surface area contributed by atoms with Crippen LogP contribution < -0.4 is 10.1 Å². The van der Waals surface area contributed by atoms with Crippen LogP contribution >= 0.6 is 0 Å². The van der Waals surface area contributed by atoms with E-state index in [1.54, 1.807) is 42.5 Å². The maximum Gasteiger partial charge on any atom is 0.331 e. The Morgan fingerprint density at radius 2 is 1.93 bits per heavy atom. The largest absolute Gasteiger partial charge is 0.478 e. The molecule has 2 aromatic heterocycles. The fraction of sp³-hybridized carbons (Fsp3) is 0.105. The highest BCUT2D eigenvalue weighted by Gasteiger charge is 2.13. The van der Waals surface area contributed by atoms with Gasteiger partial charge in [0.1, 0.15) is 11.4 Å². The molecule has 1 aromatic carbocycles. The van der Waals surface area contributed by atoms with Crippen LogP contribution in [0.5, 0.6) is 11.6 Å². The first-order valence-electron chi connectivity index (χ1n) is 8.17. The molecule has 0 aliphatic rings. The van der Waals surface area contributed by atoms with Gasteiger partial charge in [-0.3, -0.25) is 4.79 Å². The van der Waals surface area contributed by atoms with Crippen LogP contribution in [-0.4, -0.2) is 39.2 Å². The van der Waals surface area contributed by atoms with Gasteiger partial charge in [0.15, 0.2) is 0 Å². The molecule has 0 aliphatic heterocycles. The molecule has 0 saturated heterocycles. The van der Waals surface area contributed by atoms with E-state index in [2.05, 4.69) is 27.0 Å². The van der Waals surface area contributed by atoms with Crippen LogP contribution in [0.2, 0.25) is 0 Å². The molecule has 9 nitrogen and oxygen atoms in total. The Balaban J connectivity index is 1.70. The van der Waals surface area contributed by atoms with Gasteiger partial charge in [-0.15, -0.1) is 0 Å². The van der Waals surface area contributed by atoms with Crippen molar-refractivity contribution in [2.45, 2.75) is 6.42 Å². The van der Waals surface area contributed by atoms with Crippen LogP contribution in [0.4, 0.5) is 0 Å². The minimum Gasteiger partial charge on any atom is -0.478 e. The third-order valence-electron chi connectivity index (χ3n) is 3.65. The zero-order valence-electron chi connectivity index (χ0n) is 14.9. The molecule has 2 N–H and O–H groups in total. The van der Waals surface area contributed by atoms with Crippen molar-refractivity contribution in [2.24, 2.45) is 0 Å². The maximum atomic E-state index is 11.6. The van der Waals surface area contributed by atoms with Gasteiger partial charge in [-0.05, 0) is 30.3 Å². The number of nitrogens with one attached hydrogen (secondary N) is 1. The standard InChI is InChI=1S/C19H16N4O5/c1-11(19(25)26)10-16-22-17(23-28-16)12-6-8-13(9-7-12)27-15-5-3-4-14(21-15)18(24)20-2/h3-9H,1,10H2,2H3,(H,20,24)(H,25,26).